The van der Waals surface area contributed by atoms with Gasteiger partial charge in [0.1, 0.15) is 18.2 Å². The number of hydrogen-bond acceptors (Lipinski definition) is 4. The fourth-order valence-electron chi connectivity index (χ4n) is 3.28. The van der Waals surface area contributed by atoms with Crippen LogP contribution in [-0.2, 0) is 14.8 Å². The molecule has 2 amide bonds. The number of sulfonamides is 1. The molecule has 3 aromatic rings. The van der Waals surface area contributed by atoms with Crippen molar-refractivity contribution in [2.75, 3.05) is 16.2 Å². The van der Waals surface area contributed by atoms with Gasteiger partial charge < -0.3 is 11.1 Å². The number of nitrogens with two attached hydrogens (primary N) is 1. The van der Waals surface area contributed by atoms with Gasteiger partial charge in [0, 0.05) is 11.5 Å². The van der Waals surface area contributed by atoms with Crippen molar-refractivity contribution in [1.82, 2.24) is 0 Å². The highest BCUT2D eigenvalue weighted by Gasteiger charge is 2.36. The molecule has 0 fully saturated rings. The summed E-state index contributed by atoms with van der Waals surface area (Å²) >= 11 is 0. The smallest absolute Gasteiger partial charge is 0.265 e. The number of nitrogens with zero attached hydrogens (tertiary/aromatic N) is 1. The number of benzene rings is 3. The molecule has 0 unspecified atom stereocenters. The first-order chi connectivity index (χ1) is 13.7. The molecule has 0 aromatic heterocycles. The van der Waals surface area contributed by atoms with Gasteiger partial charge in [0.25, 0.3) is 15.9 Å². The van der Waals surface area contributed by atoms with E-state index in [9.17, 15) is 26.8 Å². The van der Waals surface area contributed by atoms with Gasteiger partial charge in [-0.1, -0.05) is 24.3 Å². The van der Waals surface area contributed by atoms with Gasteiger partial charge in [0.15, 0.2) is 0 Å². The largest absolute Gasteiger partial charge is 0.366 e. The van der Waals surface area contributed by atoms with Crippen molar-refractivity contribution in [2.45, 2.75) is 4.90 Å². The molecular weight excluding hydrogens is 404 g/mol. The number of anilines is 2. The Balaban J connectivity index is 1.66. The molecule has 7 nitrogen and oxygen atoms in total. The van der Waals surface area contributed by atoms with Crippen LogP contribution in [0.3, 0.4) is 0 Å². The Morgan fingerprint density at radius 3 is 2.41 bits per heavy atom. The molecule has 1 aliphatic heterocycles. The lowest BCUT2D eigenvalue weighted by Crippen LogP contribution is -2.35. The normalized spacial score (nSPS) is 14.2. The van der Waals surface area contributed by atoms with Crippen LogP contribution in [0.25, 0.3) is 10.8 Å². The van der Waals surface area contributed by atoms with Crippen LogP contribution in [0.1, 0.15) is 10.4 Å². The van der Waals surface area contributed by atoms with E-state index in [0.29, 0.717) is 22.5 Å². The van der Waals surface area contributed by atoms with Gasteiger partial charge in [-0.25, -0.2) is 17.2 Å². The topological polar surface area (TPSA) is 110 Å². The highest BCUT2D eigenvalue weighted by atomic mass is 32.2. The Morgan fingerprint density at radius 2 is 1.72 bits per heavy atom. The highest BCUT2D eigenvalue weighted by Crippen LogP contribution is 2.41. The number of carbonyl (C=O) groups is 2. The summed E-state index contributed by atoms with van der Waals surface area (Å²) in [6.07, 6.45) is 0. The second kappa shape index (κ2) is 6.52. The number of hydrogen-bond donors (Lipinski definition) is 2. The minimum Gasteiger partial charge on any atom is -0.366 e. The first-order valence-corrected chi connectivity index (χ1v) is 9.77. The molecule has 0 spiro atoms. The van der Waals surface area contributed by atoms with Crippen molar-refractivity contribution in [1.29, 1.82) is 0 Å². The summed E-state index contributed by atoms with van der Waals surface area (Å²) in [5.74, 6) is -4.31. The van der Waals surface area contributed by atoms with Crippen LogP contribution in [0.5, 0.6) is 0 Å². The van der Waals surface area contributed by atoms with Crippen LogP contribution in [0, 0.1) is 11.6 Å². The van der Waals surface area contributed by atoms with Gasteiger partial charge in [-0.05, 0) is 23.6 Å². The molecule has 0 radical (unpaired) electrons. The maximum absolute atomic E-state index is 14.0. The number of carbonyl (C=O) groups excluding carboxylic acids is 2. The van der Waals surface area contributed by atoms with E-state index in [-0.39, 0.29) is 4.90 Å². The number of primary amides is 1. The first kappa shape index (κ1) is 18.8. The molecule has 1 heterocycles. The average molecular weight is 417 g/mol. The number of halogens is 2. The van der Waals surface area contributed by atoms with E-state index in [4.69, 9.17) is 5.73 Å². The van der Waals surface area contributed by atoms with Gasteiger partial charge in [-0.15, -0.1) is 0 Å². The zero-order valence-corrected chi connectivity index (χ0v) is 15.5. The van der Waals surface area contributed by atoms with E-state index >= 15 is 0 Å². The monoisotopic (exact) mass is 417 g/mol. The molecule has 1 aliphatic rings. The van der Waals surface area contributed by atoms with Crippen LogP contribution < -0.4 is 15.4 Å². The zero-order valence-electron chi connectivity index (χ0n) is 14.6. The highest BCUT2D eigenvalue weighted by molar-refractivity contribution is 7.93. The maximum atomic E-state index is 14.0. The lowest BCUT2D eigenvalue weighted by atomic mass is 10.1. The van der Waals surface area contributed by atoms with Gasteiger partial charge >= 0.3 is 0 Å². The Hall–Kier alpha value is -3.53. The minimum absolute atomic E-state index is 0.0716. The van der Waals surface area contributed by atoms with Gasteiger partial charge in [-0.2, -0.15) is 0 Å². The third-order valence-corrected chi connectivity index (χ3v) is 6.37. The second-order valence-corrected chi connectivity index (χ2v) is 8.20. The lowest BCUT2D eigenvalue weighted by Gasteiger charge is -2.18. The van der Waals surface area contributed by atoms with E-state index in [1.807, 2.05) is 0 Å². The molecule has 10 heteroatoms. The molecule has 0 atom stereocenters. The van der Waals surface area contributed by atoms with Crippen molar-refractivity contribution in [3.63, 3.8) is 0 Å². The van der Waals surface area contributed by atoms with Crippen LogP contribution in [0.2, 0.25) is 0 Å². The van der Waals surface area contributed by atoms with E-state index in [2.05, 4.69) is 5.32 Å². The molecule has 0 saturated carbocycles. The SMILES string of the molecule is NC(=O)c1cc(NC(=O)CN2c3cccc4cccc(c34)S2(=O)=O)c(F)cc1F. The predicted octanol–water partition coefficient (Wildman–Crippen LogP) is 2.36. The van der Waals surface area contributed by atoms with Crippen LogP contribution in [-0.4, -0.2) is 26.8 Å². The second-order valence-electron chi connectivity index (χ2n) is 6.37. The fraction of sp³-hybridized carbons (Fsp3) is 0.0526. The molecule has 29 heavy (non-hydrogen) atoms. The lowest BCUT2D eigenvalue weighted by molar-refractivity contribution is -0.114. The maximum Gasteiger partial charge on any atom is 0.265 e. The van der Waals surface area contributed by atoms with Crippen LogP contribution in [0.4, 0.5) is 20.2 Å². The Morgan fingerprint density at radius 1 is 1.03 bits per heavy atom. The van der Waals surface area contributed by atoms with E-state index in [1.54, 1.807) is 30.3 Å². The number of rotatable bonds is 4. The summed E-state index contributed by atoms with van der Waals surface area (Å²) in [4.78, 5) is 23.7. The summed E-state index contributed by atoms with van der Waals surface area (Å²) in [5.41, 5.74) is 4.25. The first-order valence-electron chi connectivity index (χ1n) is 8.33. The van der Waals surface area contributed by atoms with Crippen molar-refractivity contribution in [2.24, 2.45) is 5.73 Å². The summed E-state index contributed by atoms with van der Waals surface area (Å²) in [7, 11) is -3.98. The quantitative estimate of drug-likeness (QED) is 0.679. The summed E-state index contributed by atoms with van der Waals surface area (Å²) in [6, 6.07) is 10.9. The van der Waals surface area contributed by atoms with Crippen molar-refractivity contribution in [3.05, 3.63) is 65.7 Å². The molecule has 3 N–H and O–H groups in total. The van der Waals surface area contributed by atoms with E-state index < -0.39 is 51.3 Å². The molecule has 3 aromatic carbocycles. The summed E-state index contributed by atoms with van der Waals surface area (Å²) in [6.45, 7) is -0.640. The number of nitrogens with one attached hydrogen (secondary N) is 1. The average Bonchev–Trinajstić information content (AvgIpc) is 2.87. The zero-order chi connectivity index (χ0) is 20.9. The third kappa shape index (κ3) is 2.97. The Labute approximate surface area is 163 Å². The summed E-state index contributed by atoms with van der Waals surface area (Å²) < 4.78 is 54.2. The minimum atomic E-state index is -3.98. The number of amides is 2. The van der Waals surface area contributed by atoms with E-state index in [0.717, 1.165) is 10.4 Å². The van der Waals surface area contributed by atoms with Crippen molar-refractivity contribution in [3.8, 4) is 0 Å². The molecule has 4 rings (SSSR count). The molecule has 0 aliphatic carbocycles. The summed E-state index contributed by atoms with van der Waals surface area (Å²) in [5, 5.41) is 3.35. The Kier molecular flexibility index (Phi) is 4.23. The molecule has 148 valence electrons. The molecule has 0 saturated heterocycles. The fourth-order valence-corrected chi connectivity index (χ4v) is 4.95. The Bertz CT molecular complexity index is 1300. The van der Waals surface area contributed by atoms with Crippen LogP contribution in [0.15, 0.2) is 53.4 Å². The van der Waals surface area contributed by atoms with Gasteiger partial charge in [-0.3, -0.25) is 13.9 Å². The molecule has 0 bridgehead atoms. The van der Waals surface area contributed by atoms with Gasteiger partial charge in [0.05, 0.1) is 21.8 Å². The third-order valence-electron chi connectivity index (χ3n) is 4.56. The van der Waals surface area contributed by atoms with E-state index in [1.165, 1.54) is 6.07 Å². The molecular formula is C19H13F2N3O4S. The predicted molar refractivity (Wildman–Crippen MR) is 102 cm³/mol. The van der Waals surface area contributed by atoms with Gasteiger partial charge in [0.2, 0.25) is 5.91 Å². The van der Waals surface area contributed by atoms with Crippen molar-refractivity contribution >= 4 is 44.0 Å². The standard InChI is InChI=1S/C19H13F2N3O4S/c20-12-8-13(21)14(7-11(12)19(22)26)23-17(25)9-24-15-5-1-3-10-4-2-6-16(18(10)15)29(24,27)28/h1-8H,9H2,(H2,22,26)(H,23,25). The van der Waals surface area contributed by atoms with Crippen molar-refractivity contribution < 1.29 is 26.8 Å². The van der Waals surface area contributed by atoms with Crippen LogP contribution >= 0.6 is 0 Å².